The Morgan fingerprint density at radius 3 is 2.90 bits per heavy atom. The topological polar surface area (TPSA) is 36.4 Å². The molecule has 2 aliphatic heterocycles. The van der Waals surface area contributed by atoms with Crippen LogP contribution in [0, 0.1) is 6.92 Å². The minimum atomic E-state index is 0.233. The number of likely N-dealkylation sites (tertiary alicyclic amines) is 2. The van der Waals surface area contributed by atoms with E-state index in [1.54, 1.807) is 11.3 Å². The van der Waals surface area contributed by atoms with Crippen molar-refractivity contribution in [3.8, 4) is 0 Å². The van der Waals surface area contributed by atoms with E-state index in [9.17, 15) is 4.79 Å². The monoisotopic (exact) mass is 293 g/mol. The lowest BCUT2D eigenvalue weighted by molar-refractivity contribution is -0.139. The van der Waals surface area contributed by atoms with Crippen molar-refractivity contribution < 1.29 is 4.79 Å². The summed E-state index contributed by atoms with van der Waals surface area (Å²) in [5.41, 5.74) is 0.923. The molecule has 0 spiro atoms. The molecule has 1 aromatic rings. The quantitative estimate of drug-likeness (QED) is 0.856. The van der Waals surface area contributed by atoms with Crippen molar-refractivity contribution >= 4 is 17.2 Å². The van der Waals surface area contributed by atoms with Gasteiger partial charge in [-0.3, -0.25) is 9.69 Å². The molecule has 2 aliphatic rings. The first kappa shape index (κ1) is 14.0. The molecule has 0 aromatic carbocycles. The highest BCUT2D eigenvalue weighted by Gasteiger charge is 2.37. The van der Waals surface area contributed by atoms with Crippen LogP contribution in [0.3, 0.4) is 0 Å². The first-order chi connectivity index (χ1) is 9.63. The molecule has 3 heterocycles. The third-order valence-corrected chi connectivity index (χ3v) is 5.36. The molecule has 1 amide bonds. The van der Waals surface area contributed by atoms with Crippen molar-refractivity contribution in [3.05, 3.63) is 16.1 Å². The summed E-state index contributed by atoms with van der Waals surface area (Å²) in [7, 11) is 0. The van der Waals surface area contributed by atoms with E-state index in [-0.39, 0.29) is 5.91 Å². The molecule has 4 nitrogen and oxygen atoms in total. The lowest BCUT2D eigenvalue weighted by Crippen LogP contribution is -2.63. The standard InChI is InChI=1S/C15H23N3OS/c1-11-5-3-4-6-18(11)14-8-17(9-14)15(19)7-13-10-20-12(2)16-13/h10-11,14H,3-9H2,1-2H3/t11-/m1/s1. The van der Waals surface area contributed by atoms with Crippen molar-refractivity contribution in [3.63, 3.8) is 0 Å². The minimum Gasteiger partial charge on any atom is -0.339 e. The average molecular weight is 293 g/mol. The Balaban J connectivity index is 1.48. The van der Waals surface area contributed by atoms with Crippen LogP contribution in [0.5, 0.6) is 0 Å². The van der Waals surface area contributed by atoms with E-state index in [0.717, 1.165) is 23.8 Å². The van der Waals surface area contributed by atoms with Gasteiger partial charge in [-0.15, -0.1) is 11.3 Å². The highest BCUT2D eigenvalue weighted by atomic mass is 32.1. The van der Waals surface area contributed by atoms with Crippen molar-refractivity contribution in [2.45, 2.75) is 51.6 Å². The van der Waals surface area contributed by atoms with Crippen LogP contribution in [-0.2, 0) is 11.2 Å². The van der Waals surface area contributed by atoms with E-state index in [2.05, 4.69) is 16.8 Å². The van der Waals surface area contributed by atoms with Gasteiger partial charge in [-0.25, -0.2) is 4.98 Å². The number of rotatable bonds is 3. The number of amides is 1. The van der Waals surface area contributed by atoms with Crippen molar-refractivity contribution in [1.82, 2.24) is 14.8 Å². The number of thiazole rings is 1. The van der Waals surface area contributed by atoms with Gasteiger partial charge in [0.15, 0.2) is 0 Å². The zero-order valence-corrected chi connectivity index (χ0v) is 13.2. The molecule has 0 bridgehead atoms. The van der Waals surface area contributed by atoms with Crippen LogP contribution in [0.1, 0.15) is 36.9 Å². The molecule has 1 atom stereocenters. The first-order valence-electron chi connectivity index (χ1n) is 7.58. The molecule has 0 aliphatic carbocycles. The molecule has 5 heteroatoms. The predicted octanol–water partition coefficient (Wildman–Crippen LogP) is 2.08. The maximum Gasteiger partial charge on any atom is 0.228 e. The SMILES string of the molecule is Cc1nc(CC(=O)N2CC(N3CCCC[C@H]3C)C2)cs1. The van der Waals surface area contributed by atoms with E-state index in [1.165, 1.54) is 25.8 Å². The normalized spacial score (nSPS) is 24.7. The molecule has 0 radical (unpaired) electrons. The van der Waals surface area contributed by atoms with E-state index >= 15 is 0 Å². The lowest BCUT2D eigenvalue weighted by Gasteiger charge is -2.49. The Hall–Kier alpha value is -0.940. The van der Waals surface area contributed by atoms with Gasteiger partial charge >= 0.3 is 0 Å². The van der Waals surface area contributed by atoms with Crippen LogP contribution in [0.4, 0.5) is 0 Å². The Morgan fingerprint density at radius 2 is 2.25 bits per heavy atom. The summed E-state index contributed by atoms with van der Waals surface area (Å²) < 4.78 is 0. The molecule has 0 saturated carbocycles. The van der Waals surface area contributed by atoms with Gasteiger partial charge < -0.3 is 4.90 Å². The molecular weight excluding hydrogens is 270 g/mol. The molecule has 2 fully saturated rings. The smallest absolute Gasteiger partial charge is 0.228 e. The first-order valence-corrected chi connectivity index (χ1v) is 8.46. The Morgan fingerprint density at radius 1 is 1.45 bits per heavy atom. The molecule has 20 heavy (non-hydrogen) atoms. The van der Waals surface area contributed by atoms with E-state index in [0.29, 0.717) is 18.5 Å². The van der Waals surface area contributed by atoms with Gasteiger partial charge in [0.05, 0.1) is 17.1 Å². The van der Waals surface area contributed by atoms with Crippen LogP contribution in [0.15, 0.2) is 5.38 Å². The third kappa shape index (κ3) is 2.88. The fourth-order valence-electron chi connectivity index (χ4n) is 3.29. The highest BCUT2D eigenvalue weighted by molar-refractivity contribution is 7.09. The van der Waals surface area contributed by atoms with Crippen molar-refractivity contribution in [1.29, 1.82) is 0 Å². The minimum absolute atomic E-state index is 0.233. The summed E-state index contributed by atoms with van der Waals surface area (Å²) in [6.07, 6.45) is 4.44. The maximum atomic E-state index is 12.2. The molecule has 0 N–H and O–H groups in total. The largest absolute Gasteiger partial charge is 0.339 e. The maximum absolute atomic E-state index is 12.2. The molecule has 110 valence electrons. The van der Waals surface area contributed by atoms with Gasteiger partial charge in [-0.05, 0) is 33.2 Å². The molecular formula is C15H23N3OS. The average Bonchev–Trinajstić information content (AvgIpc) is 2.75. The van der Waals surface area contributed by atoms with Crippen LogP contribution in [-0.4, -0.2) is 52.4 Å². The van der Waals surface area contributed by atoms with Crippen LogP contribution >= 0.6 is 11.3 Å². The number of piperidine rings is 1. The zero-order chi connectivity index (χ0) is 14.1. The number of carbonyl (C=O) groups excluding carboxylic acids is 1. The second-order valence-corrected chi connectivity index (χ2v) is 7.13. The highest BCUT2D eigenvalue weighted by Crippen LogP contribution is 2.24. The molecule has 3 rings (SSSR count). The summed E-state index contributed by atoms with van der Waals surface area (Å²) in [6.45, 7) is 7.33. The summed E-state index contributed by atoms with van der Waals surface area (Å²) in [4.78, 5) is 21.1. The summed E-state index contributed by atoms with van der Waals surface area (Å²) in [6, 6.07) is 1.28. The van der Waals surface area contributed by atoms with Gasteiger partial charge in [0.25, 0.3) is 0 Å². The van der Waals surface area contributed by atoms with Gasteiger partial charge in [-0.2, -0.15) is 0 Å². The number of hydrogen-bond donors (Lipinski definition) is 0. The second-order valence-electron chi connectivity index (χ2n) is 6.07. The predicted molar refractivity (Wildman–Crippen MR) is 80.9 cm³/mol. The van der Waals surface area contributed by atoms with Crippen LogP contribution < -0.4 is 0 Å². The van der Waals surface area contributed by atoms with E-state index < -0.39 is 0 Å². The third-order valence-electron chi connectivity index (χ3n) is 4.54. The Labute approximate surface area is 124 Å². The zero-order valence-electron chi connectivity index (χ0n) is 12.3. The Kier molecular flexibility index (Phi) is 4.08. The molecule has 0 unspecified atom stereocenters. The molecule has 2 saturated heterocycles. The van der Waals surface area contributed by atoms with Crippen molar-refractivity contribution in [2.75, 3.05) is 19.6 Å². The van der Waals surface area contributed by atoms with E-state index in [4.69, 9.17) is 0 Å². The number of nitrogens with zero attached hydrogens (tertiary/aromatic N) is 3. The van der Waals surface area contributed by atoms with Gasteiger partial charge in [-0.1, -0.05) is 6.42 Å². The van der Waals surface area contributed by atoms with Gasteiger partial charge in [0.1, 0.15) is 0 Å². The lowest BCUT2D eigenvalue weighted by atomic mass is 9.97. The second kappa shape index (κ2) is 5.82. The van der Waals surface area contributed by atoms with Gasteiger partial charge in [0.2, 0.25) is 5.91 Å². The summed E-state index contributed by atoms with van der Waals surface area (Å²) in [5, 5.41) is 3.04. The number of hydrogen-bond acceptors (Lipinski definition) is 4. The van der Waals surface area contributed by atoms with Crippen molar-refractivity contribution in [2.24, 2.45) is 0 Å². The number of aryl methyl sites for hydroxylation is 1. The van der Waals surface area contributed by atoms with Gasteiger partial charge in [0, 0.05) is 30.6 Å². The van der Waals surface area contributed by atoms with Crippen LogP contribution in [0.2, 0.25) is 0 Å². The number of carbonyl (C=O) groups is 1. The summed E-state index contributed by atoms with van der Waals surface area (Å²) in [5.74, 6) is 0.233. The molecule has 1 aromatic heterocycles. The fraction of sp³-hybridized carbons (Fsp3) is 0.733. The summed E-state index contributed by atoms with van der Waals surface area (Å²) >= 11 is 1.62. The van der Waals surface area contributed by atoms with E-state index in [1.807, 2.05) is 17.2 Å². The Bertz CT molecular complexity index is 481. The number of aromatic nitrogens is 1. The fourth-order valence-corrected chi connectivity index (χ4v) is 3.90. The van der Waals surface area contributed by atoms with Crippen LogP contribution in [0.25, 0.3) is 0 Å².